The molecule has 1 saturated heterocycles. The molecule has 0 N–H and O–H groups in total. The van der Waals surface area contributed by atoms with Crippen molar-refractivity contribution in [2.24, 2.45) is 0 Å². The summed E-state index contributed by atoms with van der Waals surface area (Å²) in [6, 6.07) is 5.07. The zero-order valence-corrected chi connectivity index (χ0v) is 17.4. The number of anilines is 1. The maximum Gasteiger partial charge on any atom is 0.179 e. The number of rotatable bonds is 6. The van der Waals surface area contributed by atoms with Crippen LogP contribution in [-0.4, -0.2) is 54.7 Å². The lowest BCUT2D eigenvalue weighted by Gasteiger charge is -2.35. The molecule has 0 saturated carbocycles. The lowest BCUT2D eigenvalue weighted by Crippen LogP contribution is -2.47. The highest BCUT2D eigenvalue weighted by Crippen LogP contribution is 2.28. The molecule has 1 aromatic carbocycles. The van der Waals surface area contributed by atoms with E-state index in [0.29, 0.717) is 0 Å². The van der Waals surface area contributed by atoms with Gasteiger partial charge in [0, 0.05) is 30.9 Å². The van der Waals surface area contributed by atoms with Gasteiger partial charge in [-0.25, -0.2) is 14.4 Å². The number of ether oxygens (including phenoxy) is 1. The van der Waals surface area contributed by atoms with Crippen molar-refractivity contribution in [1.29, 1.82) is 0 Å². The summed E-state index contributed by atoms with van der Waals surface area (Å²) in [5.41, 5.74) is 1.26. The average Bonchev–Trinajstić information content (AvgIpc) is 3.10. The zero-order chi connectivity index (χ0) is 18.6. The fraction of sp³-hybridized carbons (Fsp3) is 0.400. The number of aryl methyl sites for hydroxylation is 1. The second kappa shape index (κ2) is 9.49. The predicted octanol–water partition coefficient (Wildman–Crippen LogP) is 4.02. The van der Waals surface area contributed by atoms with E-state index in [-0.39, 0.29) is 18.2 Å². The maximum absolute atomic E-state index is 13.5. The zero-order valence-electron chi connectivity index (χ0n) is 15.8. The first-order chi connectivity index (χ1) is 13.2. The van der Waals surface area contributed by atoms with Gasteiger partial charge in [0.15, 0.2) is 11.6 Å². The van der Waals surface area contributed by atoms with Crippen LogP contribution < -0.4 is 9.64 Å². The van der Waals surface area contributed by atoms with Crippen molar-refractivity contribution < 1.29 is 9.13 Å². The summed E-state index contributed by atoms with van der Waals surface area (Å²) < 4.78 is 20.0. The molecule has 8 heteroatoms. The molecule has 3 aromatic rings. The number of thiophene rings is 1. The van der Waals surface area contributed by atoms with Gasteiger partial charge in [0.1, 0.15) is 12.1 Å². The van der Waals surface area contributed by atoms with E-state index in [2.05, 4.69) is 25.1 Å². The summed E-state index contributed by atoms with van der Waals surface area (Å²) >= 11 is 1.70. The van der Waals surface area contributed by atoms with E-state index < -0.39 is 0 Å². The summed E-state index contributed by atoms with van der Waals surface area (Å²) in [6.45, 7) is 4.93. The smallest absolute Gasteiger partial charge is 0.179 e. The number of halogens is 2. The Morgan fingerprint density at radius 2 is 2.04 bits per heavy atom. The van der Waals surface area contributed by atoms with Crippen molar-refractivity contribution in [3.8, 4) is 5.75 Å². The van der Waals surface area contributed by atoms with Crippen LogP contribution in [0.2, 0.25) is 0 Å². The second-order valence-electron chi connectivity index (χ2n) is 6.75. The molecule has 0 bridgehead atoms. The highest BCUT2D eigenvalue weighted by molar-refractivity contribution is 7.17. The molecule has 1 fully saturated rings. The third-order valence-corrected chi connectivity index (χ3v) is 6.10. The van der Waals surface area contributed by atoms with Crippen LogP contribution in [0.15, 0.2) is 36.1 Å². The standard InChI is InChI=1S/C20H23FN4OS.ClH/c1-26-18-12-22-14-23-20(18)25-9-7-24(8-10-25)6-2-3-15-13-27-19-5-4-16(21)11-17(15)19;/h4-5,11-14H,2-3,6-10H2,1H3;1H. The van der Waals surface area contributed by atoms with E-state index >= 15 is 0 Å². The molecule has 0 amide bonds. The monoisotopic (exact) mass is 422 g/mol. The van der Waals surface area contributed by atoms with Crippen LogP contribution in [0.5, 0.6) is 5.75 Å². The average molecular weight is 423 g/mol. The fourth-order valence-corrected chi connectivity index (χ4v) is 4.59. The second-order valence-corrected chi connectivity index (χ2v) is 7.66. The van der Waals surface area contributed by atoms with Gasteiger partial charge in [-0.2, -0.15) is 0 Å². The van der Waals surface area contributed by atoms with Crippen LogP contribution in [0.1, 0.15) is 12.0 Å². The van der Waals surface area contributed by atoms with Crippen molar-refractivity contribution in [3.05, 3.63) is 47.5 Å². The van der Waals surface area contributed by atoms with E-state index in [1.807, 2.05) is 6.07 Å². The Hall–Kier alpha value is -1.96. The normalized spacial score (nSPS) is 14.9. The molecule has 4 rings (SSSR count). The summed E-state index contributed by atoms with van der Waals surface area (Å²) in [5, 5.41) is 3.24. The quantitative estimate of drug-likeness (QED) is 0.600. The van der Waals surface area contributed by atoms with Crippen molar-refractivity contribution >= 4 is 39.6 Å². The molecular weight excluding hydrogens is 399 g/mol. The fourth-order valence-electron chi connectivity index (χ4n) is 3.62. The van der Waals surface area contributed by atoms with Gasteiger partial charge >= 0.3 is 0 Å². The van der Waals surface area contributed by atoms with E-state index in [4.69, 9.17) is 4.74 Å². The van der Waals surface area contributed by atoms with Crippen molar-refractivity contribution in [3.63, 3.8) is 0 Å². The lowest BCUT2D eigenvalue weighted by atomic mass is 10.1. The first kappa shape index (κ1) is 20.8. The van der Waals surface area contributed by atoms with Crippen LogP contribution >= 0.6 is 23.7 Å². The van der Waals surface area contributed by atoms with E-state index in [1.165, 1.54) is 16.3 Å². The topological polar surface area (TPSA) is 41.5 Å². The third-order valence-electron chi connectivity index (χ3n) is 5.09. The summed E-state index contributed by atoms with van der Waals surface area (Å²) in [5.74, 6) is 1.44. The largest absolute Gasteiger partial charge is 0.491 e. The molecule has 28 heavy (non-hydrogen) atoms. The van der Waals surface area contributed by atoms with Crippen molar-refractivity contribution in [2.75, 3.05) is 44.7 Å². The molecule has 5 nitrogen and oxygen atoms in total. The number of hydrogen-bond acceptors (Lipinski definition) is 6. The highest BCUT2D eigenvalue weighted by atomic mass is 35.5. The number of piperazine rings is 1. The van der Waals surface area contributed by atoms with Gasteiger partial charge < -0.3 is 9.64 Å². The van der Waals surface area contributed by atoms with Gasteiger partial charge in [0.25, 0.3) is 0 Å². The molecule has 0 aliphatic carbocycles. The van der Waals surface area contributed by atoms with E-state index in [9.17, 15) is 4.39 Å². The van der Waals surface area contributed by atoms with Gasteiger partial charge in [-0.3, -0.25) is 4.90 Å². The Labute approximate surface area is 174 Å². The Balaban J connectivity index is 0.00000225. The minimum atomic E-state index is -0.154. The Morgan fingerprint density at radius 3 is 2.82 bits per heavy atom. The molecule has 0 radical (unpaired) electrons. The maximum atomic E-state index is 13.5. The third kappa shape index (κ3) is 4.54. The van der Waals surface area contributed by atoms with Crippen molar-refractivity contribution in [2.45, 2.75) is 12.8 Å². The molecule has 0 spiro atoms. The lowest BCUT2D eigenvalue weighted by molar-refractivity contribution is 0.253. The van der Waals surface area contributed by atoms with Crippen molar-refractivity contribution in [1.82, 2.24) is 14.9 Å². The van der Waals surface area contributed by atoms with Crippen LogP contribution in [0.3, 0.4) is 0 Å². The van der Waals surface area contributed by atoms with Crippen LogP contribution in [0.25, 0.3) is 10.1 Å². The van der Waals surface area contributed by atoms with Gasteiger partial charge in [-0.05, 0) is 53.9 Å². The number of methoxy groups -OCH3 is 1. The summed E-state index contributed by atoms with van der Waals surface area (Å²) in [4.78, 5) is 13.1. The molecule has 0 unspecified atom stereocenters. The van der Waals surface area contributed by atoms with E-state index in [0.717, 1.165) is 62.5 Å². The summed E-state index contributed by atoms with van der Waals surface area (Å²) in [7, 11) is 1.65. The molecule has 1 aliphatic rings. The SMILES string of the molecule is COc1cncnc1N1CCN(CCCc2csc3ccc(F)cc23)CC1.Cl. The minimum absolute atomic E-state index is 0. The van der Waals surface area contributed by atoms with Crippen LogP contribution in [0, 0.1) is 5.82 Å². The Morgan fingerprint density at radius 1 is 1.21 bits per heavy atom. The number of aromatic nitrogens is 2. The first-order valence-electron chi connectivity index (χ1n) is 9.21. The number of nitrogens with zero attached hydrogens (tertiary/aromatic N) is 4. The summed E-state index contributed by atoms with van der Waals surface area (Å²) in [6.07, 6.45) is 5.35. The molecule has 1 aliphatic heterocycles. The molecule has 0 atom stereocenters. The Kier molecular flexibility index (Phi) is 7.04. The minimum Gasteiger partial charge on any atom is -0.491 e. The predicted molar refractivity (Wildman–Crippen MR) is 115 cm³/mol. The van der Waals surface area contributed by atoms with Gasteiger partial charge in [-0.15, -0.1) is 23.7 Å². The Bertz CT molecular complexity index is 914. The van der Waals surface area contributed by atoms with Crippen LogP contribution in [0.4, 0.5) is 10.2 Å². The van der Waals surface area contributed by atoms with Crippen LogP contribution in [-0.2, 0) is 6.42 Å². The number of benzene rings is 1. The highest BCUT2D eigenvalue weighted by Gasteiger charge is 2.20. The number of fused-ring (bicyclic) bond motifs is 1. The number of hydrogen-bond donors (Lipinski definition) is 0. The molecule has 3 heterocycles. The molecular formula is C20H24ClFN4OS. The first-order valence-corrected chi connectivity index (χ1v) is 10.1. The molecule has 2 aromatic heterocycles. The van der Waals surface area contributed by atoms with E-state index in [1.54, 1.807) is 37.0 Å². The molecule has 150 valence electrons. The van der Waals surface area contributed by atoms with Gasteiger partial charge in [0.2, 0.25) is 0 Å². The van der Waals surface area contributed by atoms with Gasteiger partial charge in [0.05, 0.1) is 13.3 Å². The van der Waals surface area contributed by atoms with Gasteiger partial charge in [-0.1, -0.05) is 0 Å².